The number of nitrogens with two attached hydrogens (primary N) is 1. The molecule has 0 atom stereocenters. The Kier molecular flexibility index (Phi) is 2.27. The van der Waals surface area contributed by atoms with Crippen LogP contribution in [0.1, 0.15) is 36.2 Å². The summed E-state index contributed by atoms with van der Waals surface area (Å²) in [5.74, 6) is 0.797. The molecule has 1 saturated carbocycles. The molecular weight excluding hydrogens is 234 g/mol. The highest BCUT2D eigenvalue weighted by molar-refractivity contribution is 5.61. The molecule has 1 aromatic heterocycles. The van der Waals surface area contributed by atoms with Gasteiger partial charge in [-0.05, 0) is 55.4 Å². The minimum atomic E-state index is -0.257. The first-order chi connectivity index (χ1) is 9.24. The Bertz CT molecular complexity index is 644. The van der Waals surface area contributed by atoms with Crippen molar-refractivity contribution in [2.45, 2.75) is 37.6 Å². The maximum absolute atomic E-state index is 6.18. The summed E-state index contributed by atoms with van der Waals surface area (Å²) in [6.07, 6.45) is 7.53. The standard InChI is InChI=1S/C16H17N3/c17-16(7-8-16)15-18-9-6-14(19-15)13-5-4-11-2-1-3-12(11)10-13/h4-6,9-10H,1-3,7-8,17H2. The zero-order valence-electron chi connectivity index (χ0n) is 10.9. The summed E-state index contributed by atoms with van der Waals surface area (Å²) in [5.41, 5.74) is 11.1. The molecule has 1 aromatic carbocycles. The average Bonchev–Trinajstić information content (AvgIpc) is 3.04. The van der Waals surface area contributed by atoms with Gasteiger partial charge in [0.15, 0.2) is 0 Å². The number of aromatic nitrogens is 2. The average molecular weight is 251 g/mol. The Labute approximate surface area is 112 Å². The molecule has 0 spiro atoms. The number of aryl methyl sites for hydroxylation is 2. The van der Waals surface area contributed by atoms with Crippen molar-refractivity contribution in [3.05, 3.63) is 47.4 Å². The number of hydrogen-bond acceptors (Lipinski definition) is 3. The van der Waals surface area contributed by atoms with Gasteiger partial charge in [0.2, 0.25) is 0 Å². The minimum absolute atomic E-state index is 0.257. The van der Waals surface area contributed by atoms with E-state index in [-0.39, 0.29) is 5.54 Å². The van der Waals surface area contributed by atoms with Crippen molar-refractivity contribution in [3.8, 4) is 11.3 Å². The molecule has 96 valence electrons. The highest BCUT2D eigenvalue weighted by Crippen LogP contribution is 2.41. The second-order valence-electron chi connectivity index (χ2n) is 5.76. The van der Waals surface area contributed by atoms with Crippen LogP contribution in [0.15, 0.2) is 30.5 Å². The van der Waals surface area contributed by atoms with Crippen molar-refractivity contribution in [1.82, 2.24) is 9.97 Å². The van der Waals surface area contributed by atoms with E-state index in [0.717, 1.165) is 24.4 Å². The molecule has 4 rings (SSSR count). The number of benzene rings is 1. The van der Waals surface area contributed by atoms with Gasteiger partial charge < -0.3 is 5.73 Å². The van der Waals surface area contributed by atoms with E-state index in [1.165, 1.54) is 36.0 Å². The van der Waals surface area contributed by atoms with Crippen molar-refractivity contribution >= 4 is 0 Å². The van der Waals surface area contributed by atoms with Crippen molar-refractivity contribution in [1.29, 1.82) is 0 Å². The molecule has 1 fully saturated rings. The molecule has 19 heavy (non-hydrogen) atoms. The molecule has 0 amide bonds. The van der Waals surface area contributed by atoms with Crippen LogP contribution in [-0.2, 0) is 18.4 Å². The molecule has 2 aromatic rings. The summed E-state index contributed by atoms with van der Waals surface area (Å²) in [6.45, 7) is 0. The van der Waals surface area contributed by atoms with Gasteiger partial charge in [0.1, 0.15) is 5.82 Å². The lowest BCUT2D eigenvalue weighted by Gasteiger charge is -2.09. The molecule has 3 heteroatoms. The normalized spacial score (nSPS) is 19.2. The fourth-order valence-electron chi connectivity index (χ4n) is 2.85. The first-order valence-corrected chi connectivity index (χ1v) is 6.99. The third-order valence-corrected chi connectivity index (χ3v) is 4.28. The van der Waals surface area contributed by atoms with Crippen molar-refractivity contribution in [3.63, 3.8) is 0 Å². The molecule has 0 saturated heterocycles. The first-order valence-electron chi connectivity index (χ1n) is 6.99. The smallest absolute Gasteiger partial charge is 0.148 e. The third kappa shape index (κ3) is 1.85. The van der Waals surface area contributed by atoms with E-state index in [1.807, 2.05) is 12.3 Å². The third-order valence-electron chi connectivity index (χ3n) is 4.28. The maximum atomic E-state index is 6.18. The van der Waals surface area contributed by atoms with Gasteiger partial charge in [-0.1, -0.05) is 12.1 Å². The minimum Gasteiger partial charge on any atom is -0.319 e. The summed E-state index contributed by atoms with van der Waals surface area (Å²) in [4.78, 5) is 9.00. The van der Waals surface area contributed by atoms with Gasteiger partial charge in [0, 0.05) is 11.8 Å². The van der Waals surface area contributed by atoms with Crippen molar-refractivity contribution in [2.75, 3.05) is 0 Å². The van der Waals surface area contributed by atoms with Crippen LogP contribution >= 0.6 is 0 Å². The fourth-order valence-corrected chi connectivity index (χ4v) is 2.85. The van der Waals surface area contributed by atoms with Gasteiger partial charge in [0.25, 0.3) is 0 Å². The van der Waals surface area contributed by atoms with Crippen LogP contribution < -0.4 is 5.73 Å². The molecule has 0 aliphatic heterocycles. The zero-order chi connectivity index (χ0) is 12.9. The van der Waals surface area contributed by atoms with E-state index in [4.69, 9.17) is 5.73 Å². The van der Waals surface area contributed by atoms with Crippen LogP contribution in [0.5, 0.6) is 0 Å². The molecule has 3 nitrogen and oxygen atoms in total. The summed E-state index contributed by atoms with van der Waals surface area (Å²) >= 11 is 0. The van der Waals surface area contributed by atoms with Gasteiger partial charge in [-0.2, -0.15) is 0 Å². The number of hydrogen-bond donors (Lipinski definition) is 1. The Balaban J connectivity index is 1.76. The monoisotopic (exact) mass is 251 g/mol. The maximum Gasteiger partial charge on any atom is 0.148 e. The topological polar surface area (TPSA) is 51.8 Å². The summed E-state index contributed by atoms with van der Waals surface area (Å²) in [6, 6.07) is 8.68. The molecule has 2 N–H and O–H groups in total. The van der Waals surface area contributed by atoms with E-state index < -0.39 is 0 Å². The van der Waals surface area contributed by atoms with Crippen LogP contribution in [0.3, 0.4) is 0 Å². The molecular formula is C16H17N3. The Hall–Kier alpha value is -1.74. The van der Waals surface area contributed by atoms with Gasteiger partial charge in [0.05, 0.1) is 11.2 Å². The highest BCUT2D eigenvalue weighted by Gasteiger charge is 2.43. The zero-order valence-corrected chi connectivity index (χ0v) is 10.9. The Morgan fingerprint density at radius 1 is 1.05 bits per heavy atom. The van der Waals surface area contributed by atoms with Crippen LogP contribution in [0, 0.1) is 0 Å². The molecule has 0 unspecified atom stereocenters. The second kappa shape index (κ2) is 3.87. The van der Waals surface area contributed by atoms with Crippen molar-refractivity contribution < 1.29 is 0 Å². The largest absolute Gasteiger partial charge is 0.319 e. The van der Waals surface area contributed by atoms with Gasteiger partial charge in [-0.25, -0.2) is 9.97 Å². The predicted molar refractivity (Wildman–Crippen MR) is 74.6 cm³/mol. The van der Waals surface area contributed by atoms with E-state index in [0.29, 0.717) is 0 Å². The lowest BCUT2D eigenvalue weighted by atomic mass is 10.0. The number of rotatable bonds is 2. The molecule has 0 bridgehead atoms. The summed E-state index contributed by atoms with van der Waals surface area (Å²) in [5, 5.41) is 0. The van der Waals surface area contributed by atoms with Crippen LogP contribution in [0.2, 0.25) is 0 Å². The SMILES string of the molecule is NC1(c2nccc(-c3ccc4c(c3)CCC4)n2)CC1. The number of nitrogens with zero attached hydrogens (tertiary/aromatic N) is 2. The highest BCUT2D eigenvalue weighted by atomic mass is 15.0. The number of fused-ring (bicyclic) bond motifs is 1. The molecule has 0 radical (unpaired) electrons. The van der Waals surface area contributed by atoms with Crippen molar-refractivity contribution in [2.24, 2.45) is 5.73 Å². The van der Waals surface area contributed by atoms with Gasteiger partial charge >= 0.3 is 0 Å². The first kappa shape index (κ1) is 11.1. The van der Waals surface area contributed by atoms with E-state index in [2.05, 4.69) is 28.2 Å². The quantitative estimate of drug-likeness (QED) is 0.892. The molecule has 2 aliphatic rings. The van der Waals surface area contributed by atoms with Crippen LogP contribution in [0.4, 0.5) is 0 Å². The van der Waals surface area contributed by atoms with E-state index >= 15 is 0 Å². The van der Waals surface area contributed by atoms with Gasteiger partial charge in [-0.15, -0.1) is 0 Å². The molecule has 2 aliphatic carbocycles. The summed E-state index contributed by atoms with van der Waals surface area (Å²) in [7, 11) is 0. The predicted octanol–water partition coefficient (Wildman–Crippen LogP) is 2.58. The second-order valence-corrected chi connectivity index (χ2v) is 5.76. The lowest BCUT2D eigenvalue weighted by molar-refractivity contribution is 0.673. The molecule has 1 heterocycles. The van der Waals surface area contributed by atoms with E-state index in [9.17, 15) is 0 Å². The fraction of sp³-hybridized carbons (Fsp3) is 0.375. The summed E-state index contributed by atoms with van der Waals surface area (Å²) < 4.78 is 0. The van der Waals surface area contributed by atoms with Gasteiger partial charge in [-0.3, -0.25) is 0 Å². The van der Waals surface area contributed by atoms with E-state index in [1.54, 1.807) is 0 Å². The Morgan fingerprint density at radius 2 is 1.89 bits per heavy atom. The lowest BCUT2D eigenvalue weighted by Crippen LogP contribution is -2.22. The Morgan fingerprint density at radius 3 is 2.74 bits per heavy atom. The van der Waals surface area contributed by atoms with Crippen LogP contribution in [-0.4, -0.2) is 9.97 Å². The van der Waals surface area contributed by atoms with Crippen LogP contribution in [0.25, 0.3) is 11.3 Å².